The van der Waals surface area contributed by atoms with Gasteiger partial charge >= 0.3 is 0 Å². The number of hydrogen-bond donors (Lipinski definition) is 0. The van der Waals surface area contributed by atoms with Crippen molar-refractivity contribution in [3.63, 3.8) is 0 Å². The number of likely N-dealkylation sites (N-methyl/N-ethyl adjacent to an activating group) is 1. The summed E-state index contributed by atoms with van der Waals surface area (Å²) < 4.78 is 24.2. The van der Waals surface area contributed by atoms with Crippen molar-refractivity contribution in [3.8, 4) is 0 Å². The van der Waals surface area contributed by atoms with Gasteiger partial charge in [-0.3, -0.25) is 9.69 Å². The molecule has 0 aliphatic carbocycles. The second-order valence-corrected chi connectivity index (χ2v) is 8.93. The van der Waals surface area contributed by atoms with Gasteiger partial charge in [0.05, 0.1) is 17.5 Å². The fraction of sp³-hybridized carbons (Fsp3) is 0.588. The third-order valence-electron chi connectivity index (χ3n) is 5.09. The first-order valence-corrected chi connectivity index (χ1v) is 10.2. The summed E-state index contributed by atoms with van der Waals surface area (Å²) in [6, 6.07) is 7.17. The monoisotopic (exact) mass is 351 g/mol. The summed E-state index contributed by atoms with van der Waals surface area (Å²) in [5.74, 6) is 0.174. The van der Waals surface area contributed by atoms with Gasteiger partial charge < -0.3 is 9.80 Å². The van der Waals surface area contributed by atoms with Gasteiger partial charge in [-0.25, -0.2) is 8.42 Å². The van der Waals surface area contributed by atoms with Gasteiger partial charge in [-0.2, -0.15) is 0 Å². The first-order valence-electron chi connectivity index (χ1n) is 8.35. The minimum Gasteiger partial charge on any atom is -0.378 e. The highest BCUT2D eigenvalue weighted by molar-refractivity contribution is 7.91. The van der Waals surface area contributed by atoms with Crippen LogP contribution in [-0.2, 0) is 9.84 Å². The van der Waals surface area contributed by atoms with Crippen LogP contribution >= 0.6 is 0 Å². The first kappa shape index (κ1) is 17.2. The summed E-state index contributed by atoms with van der Waals surface area (Å²) in [5.41, 5.74) is 1.65. The van der Waals surface area contributed by atoms with Gasteiger partial charge in [-0.15, -0.1) is 0 Å². The molecule has 0 saturated carbocycles. The maximum atomic E-state index is 12.9. The molecular weight excluding hydrogens is 326 g/mol. The molecule has 24 heavy (non-hydrogen) atoms. The van der Waals surface area contributed by atoms with Crippen LogP contribution in [0.2, 0.25) is 0 Å². The van der Waals surface area contributed by atoms with Gasteiger partial charge in [0.1, 0.15) is 0 Å². The molecule has 2 heterocycles. The molecular formula is C17H25N3O3S. The number of sulfone groups is 1. The van der Waals surface area contributed by atoms with E-state index in [4.69, 9.17) is 0 Å². The SMILES string of the molecule is CCN1CCN(C(=O)c2ccc(N(C)C)cc2)[C@H]2CS(=O)(=O)C[C@H]21. The van der Waals surface area contributed by atoms with Gasteiger partial charge in [0.25, 0.3) is 5.91 Å². The van der Waals surface area contributed by atoms with Crippen LogP contribution in [0.1, 0.15) is 17.3 Å². The van der Waals surface area contributed by atoms with Crippen LogP contribution in [0.3, 0.4) is 0 Å². The molecule has 0 spiro atoms. The Morgan fingerprint density at radius 3 is 2.33 bits per heavy atom. The summed E-state index contributed by atoms with van der Waals surface area (Å²) in [6.07, 6.45) is 0. The van der Waals surface area contributed by atoms with Gasteiger partial charge in [0.2, 0.25) is 0 Å². The van der Waals surface area contributed by atoms with Gasteiger partial charge in [0, 0.05) is 44.5 Å². The summed E-state index contributed by atoms with van der Waals surface area (Å²) in [7, 11) is 0.826. The number of rotatable bonds is 3. The molecule has 7 heteroatoms. The topological polar surface area (TPSA) is 60.9 Å². The molecule has 2 saturated heterocycles. The van der Waals surface area contributed by atoms with E-state index in [-0.39, 0.29) is 29.5 Å². The lowest BCUT2D eigenvalue weighted by Crippen LogP contribution is -2.60. The molecule has 1 aromatic rings. The molecule has 0 N–H and O–H groups in total. The number of anilines is 1. The predicted molar refractivity (Wildman–Crippen MR) is 95.3 cm³/mol. The smallest absolute Gasteiger partial charge is 0.254 e. The van der Waals surface area contributed by atoms with Crippen molar-refractivity contribution in [2.24, 2.45) is 0 Å². The number of amides is 1. The Hall–Kier alpha value is -1.60. The molecule has 0 bridgehead atoms. The zero-order valence-corrected chi connectivity index (χ0v) is 15.3. The van der Waals surface area contributed by atoms with E-state index in [0.717, 1.165) is 18.8 Å². The molecule has 3 rings (SSSR count). The lowest BCUT2D eigenvalue weighted by atomic mass is 10.0. The maximum absolute atomic E-state index is 12.9. The average molecular weight is 351 g/mol. The van der Waals surface area contributed by atoms with Crippen LogP contribution in [0.15, 0.2) is 24.3 Å². The van der Waals surface area contributed by atoms with Gasteiger partial charge in [-0.05, 0) is 30.8 Å². The number of carbonyl (C=O) groups excluding carboxylic acids is 1. The van der Waals surface area contributed by atoms with Crippen molar-refractivity contribution < 1.29 is 13.2 Å². The third-order valence-corrected chi connectivity index (χ3v) is 6.79. The fourth-order valence-electron chi connectivity index (χ4n) is 3.74. The molecule has 2 aliphatic rings. The average Bonchev–Trinajstić information content (AvgIpc) is 2.88. The van der Waals surface area contributed by atoms with Crippen LogP contribution in [0.25, 0.3) is 0 Å². The molecule has 2 aliphatic heterocycles. The summed E-state index contributed by atoms with van der Waals surface area (Å²) >= 11 is 0. The van der Waals surface area contributed by atoms with E-state index in [1.54, 1.807) is 4.90 Å². The Morgan fingerprint density at radius 1 is 1.12 bits per heavy atom. The molecule has 0 radical (unpaired) electrons. The largest absolute Gasteiger partial charge is 0.378 e. The van der Waals surface area contributed by atoms with E-state index >= 15 is 0 Å². The van der Waals surface area contributed by atoms with Crippen molar-refractivity contribution in [2.75, 3.05) is 50.1 Å². The molecule has 1 amide bonds. The Kier molecular flexibility index (Phi) is 4.57. The van der Waals surface area contributed by atoms with Crippen LogP contribution < -0.4 is 4.90 Å². The standard InChI is InChI=1S/C17H25N3O3S/c1-4-19-9-10-20(16-12-24(22,23)11-15(16)19)17(21)13-5-7-14(8-6-13)18(2)3/h5-8,15-16H,4,9-12H2,1-3H3/t15-,16+/m1/s1. The first-order chi connectivity index (χ1) is 11.3. The van der Waals surface area contributed by atoms with Crippen molar-refractivity contribution >= 4 is 21.4 Å². The number of fused-ring (bicyclic) bond motifs is 1. The number of piperazine rings is 1. The molecule has 0 aromatic heterocycles. The summed E-state index contributed by atoms with van der Waals surface area (Å²) in [6.45, 7) is 4.17. The molecule has 0 unspecified atom stereocenters. The third kappa shape index (κ3) is 3.15. The van der Waals surface area contributed by atoms with Crippen LogP contribution in [-0.4, -0.2) is 81.4 Å². The summed E-state index contributed by atoms with van der Waals surface area (Å²) in [4.78, 5) is 18.9. The van der Waals surface area contributed by atoms with E-state index in [1.807, 2.05) is 50.2 Å². The Labute approximate surface area is 144 Å². The van der Waals surface area contributed by atoms with Gasteiger partial charge in [-0.1, -0.05) is 6.92 Å². The highest BCUT2D eigenvalue weighted by atomic mass is 32.2. The minimum atomic E-state index is -3.08. The van der Waals surface area contributed by atoms with Crippen molar-refractivity contribution in [1.29, 1.82) is 0 Å². The normalized spacial score (nSPS) is 26.2. The minimum absolute atomic E-state index is 0.0665. The van der Waals surface area contributed by atoms with Gasteiger partial charge in [0.15, 0.2) is 9.84 Å². The quantitative estimate of drug-likeness (QED) is 0.802. The van der Waals surface area contributed by atoms with E-state index in [1.165, 1.54) is 0 Å². The number of nitrogens with zero attached hydrogens (tertiary/aromatic N) is 3. The molecule has 1 aromatic carbocycles. The molecule has 2 atom stereocenters. The zero-order chi connectivity index (χ0) is 17.5. The van der Waals surface area contributed by atoms with E-state index < -0.39 is 9.84 Å². The Bertz CT molecular complexity index is 715. The number of carbonyl (C=O) groups is 1. The van der Waals surface area contributed by atoms with Crippen molar-refractivity contribution in [1.82, 2.24) is 9.80 Å². The second kappa shape index (κ2) is 6.37. The molecule has 2 fully saturated rings. The maximum Gasteiger partial charge on any atom is 0.254 e. The van der Waals surface area contributed by atoms with Crippen molar-refractivity contribution in [3.05, 3.63) is 29.8 Å². The zero-order valence-electron chi connectivity index (χ0n) is 14.5. The molecule has 6 nitrogen and oxygen atoms in total. The fourth-order valence-corrected chi connectivity index (χ4v) is 5.75. The van der Waals surface area contributed by atoms with Crippen LogP contribution in [0.4, 0.5) is 5.69 Å². The van der Waals surface area contributed by atoms with E-state index in [2.05, 4.69) is 4.90 Å². The lowest BCUT2D eigenvalue weighted by Gasteiger charge is -2.43. The molecule has 132 valence electrons. The van der Waals surface area contributed by atoms with Crippen LogP contribution in [0, 0.1) is 0 Å². The predicted octanol–water partition coefficient (Wildman–Crippen LogP) is 0.696. The Balaban J connectivity index is 1.84. The van der Waals surface area contributed by atoms with Crippen molar-refractivity contribution in [2.45, 2.75) is 19.0 Å². The van der Waals surface area contributed by atoms with E-state index in [0.29, 0.717) is 12.1 Å². The highest BCUT2D eigenvalue weighted by Crippen LogP contribution is 2.28. The lowest BCUT2D eigenvalue weighted by molar-refractivity contribution is 0.0349. The Morgan fingerprint density at radius 2 is 1.75 bits per heavy atom. The number of hydrogen-bond acceptors (Lipinski definition) is 5. The van der Waals surface area contributed by atoms with Crippen LogP contribution in [0.5, 0.6) is 0 Å². The van der Waals surface area contributed by atoms with E-state index in [9.17, 15) is 13.2 Å². The second-order valence-electron chi connectivity index (χ2n) is 6.78. The highest BCUT2D eigenvalue weighted by Gasteiger charge is 2.47. The number of benzene rings is 1. The summed E-state index contributed by atoms with van der Waals surface area (Å²) in [5, 5.41) is 0.